The van der Waals surface area contributed by atoms with E-state index in [1.54, 1.807) is 21.0 Å². The third-order valence-corrected chi connectivity index (χ3v) is 5.85. The molecular formula is C15H25NO3S. The van der Waals surface area contributed by atoms with E-state index in [1.165, 1.54) is 6.26 Å². The fourth-order valence-corrected chi connectivity index (χ4v) is 2.16. The van der Waals surface area contributed by atoms with Gasteiger partial charge < -0.3 is 10.1 Å². The number of nitrogens with one attached hydrogen (secondary N) is 1. The topological polar surface area (TPSA) is 55.4 Å². The second kappa shape index (κ2) is 6.14. The summed E-state index contributed by atoms with van der Waals surface area (Å²) in [5.74, 6) is 0.821. The zero-order valence-corrected chi connectivity index (χ0v) is 14.0. The Morgan fingerprint density at radius 1 is 1.35 bits per heavy atom. The molecule has 4 nitrogen and oxygen atoms in total. The Kier molecular flexibility index (Phi) is 5.21. The molecule has 0 aliphatic heterocycles. The van der Waals surface area contributed by atoms with Crippen molar-refractivity contribution in [3.05, 3.63) is 29.3 Å². The molecule has 114 valence electrons. The minimum absolute atomic E-state index is 0.0200. The second-order valence-electron chi connectivity index (χ2n) is 5.88. The molecule has 20 heavy (non-hydrogen) atoms. The maximum atomic E-state index is 11.7. The fourth-order valence-electron chi connectivity index (χ4n) is 1.82. The first-order valence-corrected chi connectivity index (χ1v) is 8.55. The van der Waals surface area contributed by atoms with E-state index in [4.69, 9.17) is 4.74 Å². The van der Waals surface area contributed by atoms with Gasteiger partial charge in [0.25, 0.3) is 0 Å². The highest BCUT2D eigenvalue weighted by Crippen LogP contribution is 2.26. The second-order valence-corrected chi connectivity index (χ2v) is 8.53. The molecule has 5 heteroatoms. The van der Waals surface area contributed by atoms with E-state index in [2.05, 4.69) is 5.32 Å². The van der Waals surface area contributed by atoms with Crippen LogP contribution in [0.3, 0.4) is 0 Å². The third-order valence-electron chi connectivity index (χ3n) is 3.69. The molecule has 0 heterocycles. The van der Waals surface area contributed by atoms with Crippen molar-refractivity contribution >= 4 is 9.84 Å². The summed E-state index contributed by atoms with van der Waals surface area (Å²) in [6, 6.07) is 6.04. The van der Waals surface area contributed by atoms with Crippen LogP contribution in [0, 0.1) is 6.92 Å². The molecule has 1 unspecified atom stereocenters. The molecule has 0 saturated carbocycles. The van der Waals surface area contributed by atoms with Crippen LogP contribution in [0.5, 0.6) is 5.75 Å². The highest BCUT2D eigenvalue weighted by Gasteiger charge is 2.30. The lowest BCUT2D eigenvalue weighted by Crippen LogP contribution is -2.42. The predicted molar refractivity (Wildman–Crippen MR) is 83.1 cm³/mol. The lowest BCUT2D eigenvalue weighted by molar-refractivity contribution is 0.399. The molecule has 1 atom stereocenters. The van der Waals surface area contributed by atoms with E-state index in [1.807, 2.05) is 32.0 Å². The lowest BCUT2D eigenvalue weighted by Gasteiger charge is -2.26. The minimum atomic E-state index is -3.10. The van der Waals surface area contributed by atoms with E-state index in [-0.39, 0.29) is 6.04 Å². The normalized spacial score (nSPS) is 14.1. The number of methoxy groups -OCH3 is 1. The number of rotatable bonds is 6. The molecule has 0 fully saturated rings. The van der Waals surface area contributed by atoms with E-state index < -0.39 is 14.6 Å². The van der Waals surface area contributed by atoms with Crippen molar-refractivity contribution in [1.82, 2.24) is 5.32 Å². The Morgan fingerprint density at radius 2 is 1.95 bits per heavy atom. The van der Waals surface area contributed by atoms with Gasteiger partial charge in [-0.25, -0.2) is 8.42 Å². The summed E-state index contributed by atoms with van der Waals surface area (Å²) < 4.78 is 28.0. The Hall–Kier alpha value is -1.07. The first-order valence-electron chi connectivity index (χ1n) is 6.66. The average Bonchev–Trinajstić information content (AvgIpc) is 2.34. The van der Waals surface area contributed by atoms with Gasteiger partial charge in [-0.15, -0.1) is 0 Å². The van der Waals surface area contributed by atoms with Gasteiger partial charge in [-0.3, -0.25) is 0 Å². The van der Waals surface area contributed by atoms with Gasteiger partial charge in [-0.2, -0.15) is 0 Å². The smallest absolute Gasteiger partial charge is 0.153 e. The molecule has 0 spiro atoms. The number of benzene rings is 1. The predicted octanol–water partition coefficient (Wildman–Crippen LogP) is 2.48. The summed E-state index contributed by atoms with van der Waals surface area (Å²) in [5.41, 5.74) is 2.16. The molecule has 0 aromatic heterocycles. The number of sulfone groups is 1. The quantitative estimate of drug-likeness (QED) is 0.877. The van der Waals surface area contributed by atoms with Crippen molar-refractivity contribution in [2.45, 2.75) is 38.5 Å². The number of hydrogen-bond acceptors (Lipinski definition) is 4. The van der Waals surface area contributed by atoms with Gasteiger partial charge in [0, 0.05) is 24.4 Å². The van der Waals surface area contributed by atoms with Gasteiger partial charge in [0.1, 0.15) is 5.75 Å². The summed E-state index contributed by atoms with van der Waals surface area (Å²) >= 11 is 0. The van der Waals surface area contributed by atoms with Crippen molar-refractivity contribution in [3.8, 4) is 5.75 Å². The van der Waals surface area contributed by atoms with Crippen LogP contribution in [0.1, 0.15) is 37.9 Å². The van der Waals surface area contributed by atoms with Crippen molar-refractivity contribution in [2.75, 3.05) is 19.9 Å². The first kappa shape index (κ1) is 17.0. The third kappa shape index (κ3) is 3.96. The molecule has 1 N–H and O–H groups in total. The molecule has 1 aromatic rings. The molecule has 0 saturated heterocycles. The average molecular weight is 299 g/mol. The van der Waals surface area contributed by atoms with Crippen LogP contribution in [0.2, 0.25) is 0 Å². The van der Waals surface area contributed by atoms with Gasteiger partial charge in [-0.05, 0) is 39.3 Å². The molecule has 0 bridgehead atoms. The Balaban J connectivity index is 2.85. The summed E-state index contributed by atoms with van der Waals surface area (Å²) in [6.45, 7) is 7.87. The van der Waals surface area contributed by atoms with Gasteiger partial charge in [0.2, 0.25) is 0 Å². The highest BCUT2D eigenvalue weighted by atomic mass is 32.2. The first-order chi connectivity index (χ1) is 9.08. The Bertz CT molecular complexity index is 564. The monoisotopic (exact) mass is 299 g/mol. The van der Waals surface area contributed by atoms with Gasteiger partial charge in [0.15, 0.2) is 9.84 Å². The molecule has 1 rings (SSSR count). The Labute approximate surface area is 122 Å². The summed E-state index contributed by atoms with van der Waals surface area (Å²) in [7, 11) is -1.45. The van der Waals surface area contributed by atoms with Crippen LogP contribution >= 0.6 is 0 Å². The van der Waals surface area contributed by atoms with Crippen molar-refractivity contribution in [2.24, 2.45) is 0 Å². The molecule has 1 aromatic carbocycles. The zero-order valence-electron chi connectivity index (χ0n) is 13.1. The van der Waals surface area contributed by atoms with Gasteiger partial charge in [0.05, 0.1) is 11.9 Å². The van der Waals surface area contributed by atoms with Crippen molar-refractivity contribution in [3.63, 3.8) is 0 Å². The largest absolute Gasteiger partial charge is 0.496 e. The van der Waals surface area contributed by atoms with Crippen LogP contribution < -0.4 is 10.1 Å². The summed E-state index contributed by atoms with van der Waals surface area (Å²) in [4.78, 5) is 0. The maximum absolute atomic E-state index is 11.7. The molecule has 0 amide bonds. The Morgan fingerprint density at radius 3 is 2.45 bits per heavy atom. The summed E-state index contributed by atoms with van der Waals surface area (Å²) in [6.07, 6.45) is 1.27. The molecule has 0 aliphatic rings. The number of ether oxygens (including phenoxy) is 1. The molecule has 0 radical (unpaired) electrons. The van der Waals surface area contributed by atoms with Gasteiger partial charge in [-0.1, -0.05) is 12.1 Å². The van der Waals surface area contributed by atoms with E-state index in [0.29, 0.717) is 6.54 Å². The van der Waals surface area contributed by atoms with Crippen molar-refractivity contribution in [1.29, 1.82) is 0 Å². The zero-order chi connectivity index (χ0) is 15.6. The van der Waals surface area contributed by atoms with E-state index in [9.17, 15) is 8.42 Å². The van der Waals surface area contributed by atoms with Gasteiger partial charge >= 0.3 is 0 Å². The lowest BCUT2D eigenvalue weighted by atomic mass is 10.0. The van der Waals surface area contributed by atoms with Crippen LogP contribution in [0.4, 0.5) is 0 Å². The van der Waals surface area contributed by atoms with E-state index in [0.717, 1.165) is 16.9 Å². The maximum Gasteiger partial charge on any atom is 0.153 e. The minimum Gasteiger partial charge on any atom is -0.496 e. The summed E-state index contributed by atoms with van der Waals surface area (Å²) in [5, 5.41) is 3.28. The molecule has 0 aliphatic carbocycles. The number of aryl methyl sites for hydroxylation is 1. The van der Waals surface area contributed by atoms with E-state index >= 15 is 0 Å². The van der Waals surface area contributed by atoms with Crippen LogP contribution in [0.25, 0.3) is 0 Å². The number of hydrogen-bond donors (Lipinski definition) is 1. The van der Waals surface area contributed by atoms with Crippen LogP contribution in [-0.4, -0.2) is 33.1 Å². The van der Waals surface area contributed by atoms with Crippen LogP contribution in [0.15, 0.2) is 18.2 Å². The van der Waals surface area contributed by atoms with Crippen molar-refractivity contribution < 1.29 is 13.2 Å². The highest BCUT2D eigenvalue weighted by molar-refractivity contribution is 7.92. The standard InChI is InChI=1S/C15H25NO3S/c1-11-7-8-13(14(9-11)19-5)12(2)16-10-15(3,4)20(6,17)18/h7-9,12,16H,10H2,1-6H3. The van der Waals surface area contributed by atoms with Crippen LogP contribution in [-0.2, 0) is 9.84 Å². The molecular weight excluding hydrogens is 274 g/mol. The fraction of sp³-hybridized carbons (Fsp3) is 0.600. The SMILES string of the molecule is COc1cc(C)ccc1C(C)NCC(C)(C)S(C)(=O)=O.